The van der Waals surface area contributed by atoms with Crippen molar-refractivity contribution in [3.05, 3.63) is 71.0 Å². The summed E-state index contributed by atoms with van der Waals surface area (Å²) in [5.74, 6) is -2.19. The molecular weight excluding hydrogens is 676 g/mol. The molecule has 0 aliphatic carbocycles. The third-order valence-electron chi connectivity index (χ3n) is 9.44. The van der Waals surface area contributed by atoms with E-state index in [4.69, 9.17) is 21.3 Å². The largest absolute Gasteiger partial charge is 0.483 e. The molecule has 14 nitrogen and oxygen atoms in total. The third-order valence-corrected chi connectivity index (χ3v) is 9.72. The first-order chi connectivity index (χ1) is 24.8. The number of nitrogens with one attached hydrogen (secondary N) is 4. The Kier molecular flexibility index (Phi) is 9.95. The summed E-state index contributed by atoms with van der Waals surface area (Å²) in [5, 5.41) is 10.1. The van der Waals surface area contributed by atoms with E-state index in [2.05, 4.69) is 30.8 Å². The Balaban J connectivity index is 0.848. The predicted octanol–water partition coefficient (Wildman–Crippen LogP) is 3.53. The first-order valence-corrected chi connectivity index (χ1v) is 17.5. The van der Waals surface area contributed by atoms with Gasteiger partial charge in [-0.1, -0.05) is 35.9 Å². The van der Waals surface area contributed by atoms with Gasteiger partial charge >= 0.3 is 0 Å². The number of nitrogens with zero attached hydrogens (tertiary/aromatic N) is 4. The Morgan fingerprint density at radius 2 is 1.88 bits per heavy atom. The van der Waals surface area contributed by atoms with Crippen molar-refractivity contribution in [1.29, 1.82) is 0 Å². The number of anilines is 1. The van der Waals surface area contributed by atoms with Gasteiger partial charge in [0, 0.05) is 48.2 Å². The van der Waals surface area contributed by atoms with Crippen LogP contribution in [-0.4, -0.2) is 99.2 Å². The molecule has 0 radical (unpaired) electrons. The zero-order valence-corrected chi connectivity index (χ0v) is 28.5. The Bertz CT molecular complexity index is 2020. The molecule has 5 heterocycles. The summed E-state index contributed by atoms with van der Waals surface area (Å²) in [5.41, 5.74) is 2.72. The van der Waals surface area contributed by atoms with Crippen LogP contribution >= 0.6 is 11.6 Å². The lowest BCUT2D eigenvalue weighted by Crippen LogP contribution is -2.54. The summed E-state index contributed by atoms with van der Waals surface area (Å²) in [4.78, 5) is 78.5. The number of unbranched alkanes of at least 4 members (excludes halogenated alkanes) is 1. The number of halogens is 1. The van der Waals surface area contributed by atoms with E-state index >= 15 is 0 Å². The number of para-hydroxylation sites is 1. The normalized spacial score (nSPS) is 19.3. The summed E-state index contributed by atoms with van der Waals surface area (Å²) in [6, 6.07) is 11.7. The lowest BCUT2D eigenvalue weighted by Gasteiger charge is -2.33. The average Bonchev–Trinajstić information content (AvgIpc) is 3.66. The third kappa shape index (κ3) is 7.28. The van der Waals surface area contributed by atoms with Crippen molar-refractivity contribution in [1.82, 2.24) is 35.4 Å². The quantitative estimate of drug-likeness (QED) is 0.125. The zero-order chi connectivity index (χ0) is 35.5. The van der Waals surface area contributed by atoms with Gasteiger partial charge in [-0.05, 0) is 63.4 Å². The van der Waals surface area contributed by atoms with Crippen molar-refractivity contribution in [2.75, 3.05) is 38.1 Å². The SMILES string of the molecule is O=C(COc1cccc2c1C(=O)N(C1CCC(=O)NC1=O)C2=O)NCCCCN1CCC[C@@H](Nc2ncc(Cl)c(-c3c[nH]c4ccccc34)n2)C1. The van der Waals surface area contributed by atoms with E-state index in [-0.39, 0.29) is 48.3 Å². The standard InChI is InChI=1S/C36H37ClN8O6/c37-25-18-40-36(43-32(25)24-17-39-26-10-2-1-8-22(24)26)41-21-7-6-16-44(19-21)15-4-3-14-38-30(47)20-51-28-11-5-9-23-31(28)35(50)45(34(23)49)27-12-13-29(46)42-33(27)48/h1-2,5,8-11,17-18,21,27,39H,3-4,6-7,12-16,19-20H2,(H,38,47)(H,40,41,43)(H,42,46,48)/t21-,27?/m1/s1. The fourth-order valence-electron chi connectivity index (χ4n) is 6.94. The molecule has 2 aromatic carbocycles. The van der Waals surface area contributed by atoms with Gasteiger partial charge in [-0.2, -0.15) is 0 Å². The van der Waals surface area contributed by atoms with Gasteiger partial charge in [0.1, 0.15) is 11.8 Å². The molecular formula is C36H37ClN8O6. The number of H-pyrrole nitrogens is 1. The number of benzene rings is 2. The maximum Gasteiger partial charge on any atom is 0.266 e. The number of fused-ring (bicyclic) bond motifs is 2. The van der Waals surface area contributed by atoms with Crippen LogP contribution in [0.1, 0.15) is 59.2 Å². The Morgan fingerprint density at radius 1 is 1.02 bits per heavy atom. The van der Waals surface area contributed by atoms with E-state index in [1.54, 1.807) is 12.3 Å². The number of carbonyl (C=O) groups excluding carboxylic acids is 5. The molecule has 0 bridgehead atoms. The van der Waals surface area contributed by atoms with Crippen molar-refractivity contribution in [3.63, 3.8) is 0 Å². The second-order valence-corrected chi connectivity index (χ2v) is 13.3. The molecule has 5 amide bonds. The summed E-state index contributed by atoms with van der Waals surface area (Å²) in [6.07, 6.45) is 7.32. The number of amides is 5. The van der Waals surface area contributed by atoms with Crippen LogP contribution in [0, 0.1) is 0 Å². The van der Waals surface area contributed by atoms with Gasteiger partial charge in [0.2, 0.25) is 17.8 Å². The highest BCUT2D eigenvalue weighted by molar-refractivity contribution is 6.33. The maximum atomic E-state index is 13.2. The van der Waals surface area contributed by atoms with Crippen LogP contribution in [0.4, 0.5) is 5.95 Å². The molecule has 2 aromatic heterocycles. The van der Waals surface area contributed by atoms with E-state index in [9.17, 15) is 24.0 Å². The Hall–Kier alpha value is -5.34. The molecule has 3 aliphatic rings. The van der Waals surface area contributed by atoms with E-state index in [1.165, 1.54) is 12.1 Å². The second-order valence-electron chi connectivity index (χ2n) is 12.9. The van der Waals surface area contributed by atoms with Crippen LogP contribution in [0.5, 0.6) is 5.75 Å². The van der Waals surface area contributed by atoms with Crippen molar-refractivity contribution in [2.45, 2.75) is 50.6 Å². The number of aromatic amines is 1. The highest BCUT2D eigenvalue weighted by atomic mass is 35.5. The highest BCUT2D eigenvalue weighted by Crippen LogP contribution is 2.34. The van der Waals surface area contributed by atoms with Gasteiger partial charge in [-0.3, -0.25) is 34.2 Å². The summed E-state index contributed by atoms with van der Waals surface area (Å²) >= 11 is 6.52. The van der Waals surface area contributed by atoms with Crippen molar-refractivity contribution >= 4 is 58.0 Å². The monoisotopic (exact) mass is 712 g/mol. The highest BCUT2D eigenvalue weighted by Gasteiger charge is 2.46. The lowest BCUT2D eigenvalue weighted by molar-refractivity contribution is -0.136. The molecule has 15 heteroatoms. The van der Waals surface area contributed by atoms with Crippen LogP contribution in [0.15, 0.2) is 54.9 Å². The van der Waals surface area contributed by atoms with E-state index in [0.717, 1.165) is 66.7 Å². The summed E-state index contributed by atoms with van der Waals surface area (Å²) < 4.78 is 5.67. The van der Waals surface area contributed by atoms with Crippen LogP contribution in [0.2, 0.25) is 5.02 Å². The molecule has 264 valence electrons. The molecule has 3 aliphatic heterocycles. The molecule has 0 spiro atoms. The van der Waals surface area contributed by atoms with Crippen LogP contribution in [0.25, 0.3) is 22.2 Å². The van der Waals surface area contributed by atoms with Crippen molar-refractivity contribution < 1.29 is 28.7 Å². The first-order valence-electron chi connectivity index (χ1n) is 17.1. The maximum absolute atomic E-state index is 13.2. The van der Waals surface area contributed by atoms with E-state index in [0.29, 0.717) is 23.2 Å². The van der Waals surface area contributed by atoms with Crippen LogP contribution in [-0.2, 0) is 14.4 Å². The number of carbonyl (C=O) groups is 5. The van der Waals surface area contributed by atoms with Crippen LogP contribution in [0.3, 0.4) is 0 Å². The average molecular weight is 713 g/mol. The minimum Gasteiger partial charge on any atom is -0.483 e. The van der Waals surface area contributed by atoms with Gasteiger partial charge in [0.05, 0.1) is 28.0 Å². The molecule has 2 fully saturated rings. The van der Waals surface area contributed by atoms with Gasteiger partial charge in [-0.15, -0.1) is 0 Å². The number of hydrogen-bond donors (Lipinski definition) is 4. The molecule has 4 aromatic rings. The fourth-order valence-corrected chi connectivity index (χ4v) is 7.13. The van der Waals surface area contributed by atoms with Gasteiger partial charge in [0.25, 0.3) is 17.7 Å². The number of ether oxygens (including phenoxy) is 1. The molecule has 7 rings (SSSR count). The molecule has 51 heavy (non-hydrogen) atoms. The van der Waals surface area contributed by atoms with Gasteiger partial charge in [-0.25, -0.2) is 9.97 Å². The number of aromatic nitrogens is 3. The first kappa shape index (κ1) is 34.1. The van der Waals surface area contributed by atoms with E-state index in [1.807, 2.05) is 30.5 Å². The minimum absolute atomic E-state index is 0.00618. The fraction of sp³-hybridized carbons (Fsp3) is 0.361. The van der Waals surface area contributed by atoms with Crippen molar-refractivity contribution in [2.24, 2.45) is 0 Å². The summed E-state index contributed by atoms with van der Waals surface area (Å²) in [7, 11) is 0. The molecule has 2 saturated heterocycles. The molecule has 2 atom stereocenters. The molecule has 0 saturated carbocycles. The van der Waals surface area contributed by atoms with Crippen molar-refractivity contribution in [3.8, 4) is 17.0 Å². The van der Waals surface area contributed by atoms with Gasteiger partial charge in [0.15, 0.2) is 6.61 Å². The second kappa shape index (κ2) is 14.9. The Labute approximate surface area is 298 Å². The smallest absolute Gasteiger partial charge is 0.266 e. The van der Waals surface area contributed by atoms with Gasteiger partial charge < -0.3 is 25.3 Å². The topological polar surface area (TPSA) is 179 Å². The molecule has 4 N–H and O–H groups in total. The number of imide groups is 2. The minimum atomic E-state index is -1.08. The predicted molar refractivity (Wildman–Crippen MR) is 188 cm³/mol. The number of piperidine rings is 2. The zero-order valence-electron chi connectivity index (χ0n) is 27.7. The number of hydrogen-bond acceptors (Lipinski definition) is 10. The lowest BCUT2D eigenvalue weighted by atomic mass is 10.0. The number of likely N-dealkylation sites (tertiary alicyclic amines) is 1. The van der Waals surface area contributed by atoms with Crippen LogP contribution < -0.4 is 20.7 Å². The van der Waals surface area contributed by atoms with E-state index < -0.39 is 29.7 Å². The summed E-state index contributed by atoms with van der Waals surface area (Å²) in [6.45, 7) is 2.83. The number of rotatable bonds is 12. The Morgan fingerprint density at radius 3 is 2.75 bits per heavy atom. The molecule has 1 unspecified atom stereocenters.